The molecule has 0 aliphatic rings. The van der Waals surface area contributed by atoms with Crippen LogP contribution in [0.1, 0.15) is 5.56 Å². The van der Waals surface area contributed by atoms with Gasteiger partial charge in [-0.05, 0) is 45.4 Å². The molecule has 2 aromatic carbocycles. The maximum atomic E-state index is 12.2. The van der Waals surface area contributed by atoms with E-state index in [4.69, 9.17) is 0 Å². The number of aromatic nitrogens is 4. The molecule has 0 atom stereocenters. The lowest BCUT2D eigenvalue weighted by atomic mass is 10.1. The van der Waals surface area contributed by atoms with Crippen molar-refractivity contribution >= 4 is 27.5 Å². The quantitative estimate of drug-likeness (QED) is 0.764. The number of halogens is 1. The van der Waals surface area contributed by atoms with Crippen LogP contribution in [0.15, 0.2) is 53.0 Å². The van der Waals surface area contributed by atoms with E-state index in [1.54, 1.807) is 0 Å². The molecule has 7 heteroatoms. The van der Waals surface area contributed by atoms with Crippen molar-refractivity contribution in [1.29, 1.82) is 0 Å². The third kappa shape index (κ3) is 3.62. The van der Waals surface area contributed by atoms with Crippen molar-refractivity contribution in [3.05, 3.63) is 58.6 Å². The molecule has 23 heavy (non-hydrogen) atoms. The molecule has 0 unspecified atom stereocenters. The molecule has 0 aliphatic carbocycles. The third-order valence-electron chi connectivity index (χ3n) is 3.28. The first-order valence-corrected chi connectivity index (χ1v) is 7.80. The summed E-state index contributed by atoms with van der Waals surface area (Å²) < 4.78 is 2.31. The number of hydrogen-bond donors (Lipinski definition) is 1. The Morgan fingerprint density at radius 2 is 1.91 bits per heavy atom. The van der Waals surface area contributed by atoms with Gasteiger partial charge < -0.3 is 5.32 Å². The predicted molar refractivity (Wildman–Crippen MR) is 90.8 cm³/mol. The zero-order valence-electron chi connectivity index (χ0n) is 12.4. The molecule has 1 heterocycles. The Bertz CT molecular complexity index is 828. The van der Waals surface area contributed by atoms with Gasteiger partial charge in [0.1, 0.15) is 6.54 Å². The predicted octanol–water partition coefficient (Wildman–Crippen LogP) is 3.05. The van der Waals surface area contributed by atoms with Crippen molar-refractivity contribution in [2.75, 3.05) is 5.32 Å². The van der Waals surface area contributed by atoms with Crippen molar-refractivity contribution in [2.24, 2.45) is 0 Å². The van der Waals surface area contributed by atoms with Gasteiger partial charge in [-0.15, -0.1) is 5.10 Å². The fourth-order valence-electron chi connectivity index (χ4n) is 2.11. The number of tetrazole rings is 1. The topological polar surface area (TPSA) is 72.7 Å². The van der Waals surface area contributed by atoms with Crippen molar-refractivity contribution in [3.63, 3.8) is 0 Å². The summed E-state index contributed by atoms with van der Waals surface area (Å²) >= 11 is 3.40. The van der Waals surface area contributed by atoms with Gasteiger partial charge in [-0.2, -0.15) is 0 Å². The molecule has 3 aromatic rings. The van der Waals surface area contributed by atoms with Crippen LogP contribution in [-0.4, -0.2) is 26.1 Å². The summed E-state index contributed by atoms with van der Waals surface area (Å²) in [5.41, 5.74) is 2.73. The van der Waals surface area contributed by atoms with Crippen LogP contribution in [0.25, 0.3) is 11.4 Å². The number of nitrogens with one attached hydrogen (secondary N) is 1. The number of hydrogen-bond acceptors (Lipinski definition) is 4. The minimum atomic E-state index is -0.197. The minimum absolute atomic E-state index is 0.0392. The van der Waals surface area contributed by atoms with Crippen molar-refractivity contribution in [1.82, 2.24) is 20.2 Å². The van der Waals surface area contributed by atoms with Gasteiger partial charge in [-0.25, -0.2) is 4.68 Å². The first kappa shape index (κ1) is 15.4. The average molecular weight is 372 g/mol. The molecule has 0 fully saturated rings. The Balaban J connectivity index is 1.76. The second kappa shape index (κ2) is 6.70. The van der Waals surface area contributed by atoms with Crippen LogP contribution >= 0.6 is 15.9 Å². The Kier molecular flexibility index (Phi) is 4.47. The summed E-state index contributed by atoms with van der Waals surface area (Å²) in [7, 11) is 0. The number of anilines is 1. The maximum Gasteiger partial charge on any atom is 0.246 e. The van der Waals surface area contributed by atoms with E-state index < -0.39 is 0 Å². The lowest BCUT2D eigenvalue weighted by Crippen LogP contribution is -2.20. The highest BCUT2D eigenvalue weighted by Gasteiger charge is 2.13. The number of aryl methyl sites for hydroxylation is 1. The van der Waals surface area contributed by atoms with E-state index in [2.05, 4.69) is 36.8 Å². The summed E-state index contributed by atoms with van der Waals surface area (Å²) in [5, 5.41) is 14.4. The SMILES string of the molecule is Cc1ccc(-c2nnnn2CC(=O)Nc2ccccc2Br)cc1. The van der Waals surface area contributed by atoms with E-state index >= 15 is 0 Å². The van der Waals surface area contributed by atoms with Crippen molar-refractivity contribution < 1.29 is 4.79 Å². The molecule has 116 valence electrons. The van der Waals surface area contributed by atoms with Crippen LogP contribution in [0, 0.1) is 6.92 Å². The van der Waals surface area contributed by atoms with E-state index in [9.17, 15) is 4.79 Å². The van der Waals surface area contributed by atoms with Gasteiger partial charge >= 0.3 is 0 Å². The second-order valence-corrected chi connectivity index (χ2v) is 5.91. The van der Waals surface area contributed by atoms with Crippen molar-refractivity contribution in [3.8, 4) is 11.4 Å². The second-order valence-electron chi connectivity index (χ2n) is 5.05. The van der Waals surface area contributed by atoms with Gasteiger partial charge in [0.15, 0.2) is 5.82 Å². The van der Waals surface area contributed by atoms with E-state index in [1.807, 2.05) is 55.5 Å². The molecular formula is C16H14BrN5O. The Morgan fingerprint density at radius 1 is 1.17 bits per heavy atom. The van der Waals surface area contributed by atoms with Crippen LogP contribution in [0.4, 0.5) is 5.69 Å². The van der Waals surface area contributed by atoms with Crippen LogP contribution in [0.2, 0.25) is 0 Å². The fourth-order valence-corrected chi connectivity index (χ4v) is 2.49. The molecular weight excluding hydrogens is 358 g/mol. The van der Waals surface area contributed by atoms with Crippen LogP contribution < -0.4 is 5.32 Å². The van der Waals surface area contributed by atoms with Crippen LogP contribution in [-0.2, 0) is 11.3 Å². The molecule has 0 bridgehead atoms. The molecule has 1 aromatic heterocycles. The first-order valence-electron chi connectivity index (χ1n) is 7.01. The summed E-state index contributed by atoms with van der Waals surface area (Å²) in [4.78, 5) is 12.2. The van der Waals surface area contributed by atoms with Gasteiger partial charge in [0, 0.05) is 10.0 Å². The summed E-state index contributed by atoms with van der Waals surface area (Å²) in [6, 6.07) is 15.3. The highest BCUT2D eigenvalue weighted by atomic mass is 79.9. The van der Waals surface area contributed by atoms with Gasteiger partial charge in [0.25, 0.3) is 0 Å². The number of benzene rings is 2. The van der Waals surface area contributed by atoms with Gasteiger partial charge in [0.2, 0.25) is 5.91 Å². The van der Waals surface area contributed by atoms with E-state index in [0.29, 0.717) is 11.5 Å². The summed E-state index contributed by atoms with van der Waals surface area (Å²) in [5.74, 6) is 0.366. The Hall–Kier alpha value is -2.54. The lowest BCUT2D eigenvalue weighted by molar-refractivity contribution is -0.116. The third-order valence-corrected chi connectivity index (χ3v) is 3.97. The highest BCUT2D eigenvalue weighted by Crippen LogP contribution is 2.21. The number of nitrogens with zero attached hydrogens (tertiary/aromatic N) is 4. The smallest absolute Gasteiger partial charge is 0.246 e. The first-order chi connectivity index (χ1) is 11.1. The molecule has 1 amide bonds. The monoisotopic (exact) mass is 371 g/mol. The number of rotatable bonds is 4. The van der Waals surface area contributed by atoms with Gasteiger partial charge in [0.05, 0.1) is 5.69 Å². The number of amides is 1. The molecule has 3 rings (SSSR count). The van der Waals surface area contributed by atoms with Crippen LogP contribution in [0.3, 0.4) is 0 Å². The fraction of sp³-hybridized carbons (Fsp3) is 0.125. The van der Waals surface area contributed by atoms with E-state index in [0.717, 1.165) is 15.6 Å². The van der Waals surface area contributed by atoms with E-state index in [-0.39, 0.29) is 12.5 Å². The van der Waals surface area contributed by atoms with E-state index in [1.165, 1.54) is 4.68 Å². The number of carbonyl (C=O) groups excluding carboxylic acids is 1. The summed E-state index contributed by atoms with van der Waals surface area (Å²) in [6.07, 6.45) is 0. The largest absolute Gasteiger partial charge is 0.323 e. The minimum Gasteiger partial charge on any atom is -0.323 e. The molecule has 1 N–H and O–H groups in total. The normalized spacial score (nSPS) is 10.5. The standard InChI is InChI=1S/C16H14BrN5O/c1-11-6-8-12(9-7-11)16-19-20-21-22(16)10-15(23)18-14-5-3-2-4-13(14)17/h2-9H,10H2,1H3,(H,18,23). The molecule has 0 saturated heterocycles. The lowest BCUT2D eigenvalue weighted by Gasteiger charge is -2.08. The Morgan fingerprint density at radius 3 is 2.65 bits per heavy atom. The Labute approximate surface area is 141 Å². The maximum absolute atomic E-state index is 12.2. The summed E-state index contributed by atoms with van der Waals surface area (Å²) in [6.45, 7) is 2.05. The average Bonchev–Trinajstić information content (AvgIpc) is 2.98. The molecule has 0 spiro atoms. The molecule has 0 aliphatic heterocycles. The molecule has 6 nitrogen and oxygen atoms in total. The number of para-hydroxylation sites is 1. The van der Waals surface area contributed by atoms with Crippen molar-refractivity contribution in [2.45, 2.75) is 13.5 Å². The molecule has 0 radical (unpaired) electrons. The van der Waals surface area contributed by atoms with Gasteiger partial charge in [-0.1, -0.05) is 42.0 Å². The van der Waals surface area contributed by atoms with Crippen LogP contribution in [0.5, 0.6) is 0 Å². The zero-order chi connectivity index (χ0) is 16.2. The highest BCUT2D eigenvalue weighted by molar-refractivity contribution is 9.10. The number of carbonyl (C=O) groups is 1. The van der Waals surface area contributed by atoms with Gasteiger partial charge in [-0.3, -0.25) is 4.79 Å². The molecule has 0 saturated carbocycles. The zero-order valence-corrected chi connectivity index (χ0v) is 14.0.